The highest BCUT2D eigenvalue weighted by Gasteiger charge is 2.40. The summed E-state index contributed by atoms with van der Waals surface area (Å²) < 4.78 is 4.83. The number of amides is 2. The Hall–Kier alpha value is -1.82. The van der Waals surface area contributed by atoms with E-state index in [4.69, 9.17) is 4.74 Å². The molecule has 0 saturated carbocycles. The fourth-order valence-corrected chi connectivity index (χ4v) is 3.19. The lowest BCUT2D eigenvalue weighted by Gasteiger charge is -2.15. The van der Waals surface area contributed by atoms with Crippen molar-refractivity contribution < 1.29 is 19.1 Å². The smallest absolute Gasteiger partial charge is 0.315 e. The molecule has 1 aliphatic rings. The summed E-state index contributed by atoms with van der Waals surface area (Å²) >= 11 is 1.16. The number of aryl methyl sites for hydroxylation is 1. The van der Waals surface area contributed by atoms with Gasteiger partial charge in [0.1, 0.15) is 0 Å². The molecule has 0 unspecified atom stereocenters. The number of hydrogen-bond acceptors (Lipinski definition) is 5. The zero-order valence-electron chi connectivity index (χ0n) is 12.7. The third kappa shape index (κ3) is 3.68. The molecule has 1 fully saturated rings. The Kier molecular flexibility index (Phi) is 5.60. The average molecular weight is 321 g/mol. The molecular weight excluding hydrogens is 302 g/mol. The molecule has 0 radical (unpaired) electrons. The minimum atomic E-state index is -0.511. The van der Waals surface area contributed by atoms with Gasteiger partial charge in [0.25, 0.3) is 0 Å². The summed E-state index contributed by atoms with van der Waals surface area (Å²) in [6, 6.07) is 7.39. The van der Waals surface area contributed by atoms with Crippen LogP contribution in [0.25, 0.3) is 0 Å². The fourth-order valence-electron chi connectivity index (χ4n) is 2.26. The molecule has 6 heteroatoms. The summed E-state index contributed by atoms with van der Waals surface area (Å²) in [5.74, 6) is -0.766. The lowest BCUT2D eigenvalue weighted by Crippen LogP contribution is -2.31. The van der Waals surface area contributed by atoms with Gasteiger partial charge in [-0.25, -0.2) is 4.90 Å². The van der Waals surface area contributed by atoms with E-state index in [1.54, 1.807) is 19.1 Å². The van der Waals surface area contributed by atoms with Crippen LogP contribution in [0.15, 0.2) is 24.3 Å². The van der Waals surface area contributed by atoms with Gasteiger partial charge >= 0.3 is 5.97 Å². The third-order valence-corrected chi connectivity index (χ3v) is 4.59. The molecule has 0 spiro atoms. The normalized spacial score (nSPS) is 17.9. The molecule has 1 aromatic rings. The zero-order chi connectivity index (χ0) is 16.1. The molecule has 2 amide bonds. The Balaban J connectivity index is 2.03. The predicted octanol–water partition coefficient (Wildman–Crippen LogP) is 2.18. The maximum atomic E-state index is 12.4. The Morgan fingerprint density at radius 1 is 1.27 bits per heavy atom. The van der Waals surface area contributed by atoms with Crippen LogP contribution in [-0.2, 0) is 25.5 Å². The molecule has 5 nitrogen and oxygen atoms in total. The van der Waals surface area contributed by atoms with E-state index in [9.17, 15) is 14.4 Å². The van der Waals surface area contributed by atoms with Crippen molar-refractivity contribution in [2.24, 2.45) is 0 Å². The number of esters is 1. The van der Waals surface area contributed by atoms with Crippen molar-refractivity contribution in [3.63, 3.8) is 0 Å². The number of ether oxygens (including phenoxy) is 1. The van der Waals surface area contributed by atoms with Crippen molar-refractivity contribution in [2.75, 3.05) is 17.3 Å². The SMILES string of the molecule is CCOC(=O)CS[C@H]1CC(=O)N(c2ccc(CC)cc2)C1=O. The first-order valence-corrected chi connectivity index (χ1v) is 8.34. The highest BCUT2D eigenvalue weighted by Crippen LogP contribution is 2.29. The Morgan fingerprint density at radius 2 is 1.95 bits per heavy atom. The van der Waals surface area contributed by atoms with Crippen LogP contribution >= 0.6 is 11.8 Å². The number of imide groups is 1. The van der Waals surface area contributed by atoms with Crippen LogP contribution in [-0.4, -0.2) is 35.4 Å². The Labute approximate surface area is 134 Å². The van der Waals surface area contributed by atoms with E-state index in [0.29, 0.717) is 12.3 Å². The summed E-state index contributed by atoms with van der Waals surface area (Å²) in [6.45, 7) is 4.09. The van der Waals surface area contributed by atoms with Gasteiger partial charge in [-0.1, -0.05) is 19.1 Å². The zero-order valence-corrected chi connectivity index (χ0v) is 13.5. The first-order valence-electron chi connectivity index (χ1n) is 7.29. The van der Waals surface area contributed by atoms with Gasteiger partial charge in [-0.3, -0.25) is 14.4 Å². The van der Waals surface area contributed by atoms with E-state index < -0.39 is 5.25 Å². The van der Waals surface area contributed by atoms with Crippen LogP contribution in [0, 0.1) is 0 Å². The maximum absolute atomic E-state index is 12.4. The minimum Gasteiger partial charge on any atom is -0.465 e. The van der Waals surface area contributed by atoms with Gasteiger partial charge in [0.15, 0.2) is 0 Å². The molecule has 1 aromatic carbocycles. The van der Waals surface area contributed by atoms with Crippen molar-refractivity contribution in [3.05, 3.63) is 29.8 Å². The monoisotopic (exact) mass is 321 g/mol. The van der Waals surface area contributed by atoms with Gasteiger partial charge in [0.05, 0.1) is 23.3 Å². The van der Waals surface area contributed by atoms with Crippen molar-refractivity contribution in [1.29, 1.82) is 0 Å². The number of anilines is 1. The van der Waals surface area contributed by atoms with E-state index in [-0.39, 0.29) is 30.0 Å². The summed E-state index contributed by atoms with van der Waals surface area (Å²) in [4.78, 5) is 37.0. The molecule has 118 valence electrons. The predicted molar refractivity (Wildman–Crippen MR) is 85.8 cm³/mol. The van der Waals surface area contributed by atoms with Crippen LogP contribution < -0.4 is 4.90 Å². The van der Waals surface area contributed by atoms with Gasteiger partial charge < -0.3 is 4.74 Å². The fraction of sp³-hybridized carbons (Fsp3) is 0.438. The molecule has 0 aromatic heterocycles. The van der Waals surface area contributed by atoms with Gasteiger partial charge in [0.2, 0.25) is 11.8 Å². The number of carbonyl (C=O) groups is 3. The van der Waals surface area contributed by atoms with E-state index in [0.717, 1.165) is 23.7 Å². The molecule has 1 saturated heterocycles. The highest BCUT2D eigenvalue weighted by molar-refractivity contribution is 8.01. The highest BCUT2D eigenvalue weighted by atomic mass is 32.2. The lowest BCUT2D eigenvalue weighted by atomic mass is 10.1. The summed E-state index contributed by atoms with van der Waals surface area (Å²) in [7, 11) is 0. The second kappa shape index (κ2) is 7.45. The summed E-state index contributed by atoms with van der Waals surface area (Å²) in [5, 5.41) is -0.511. The largest absolute Gasteiger partial charge is 0.465 e. The van der Waals surface area contributed by atoms with E-state index in [2.05, 4.69) is 0 Å². The number of hydrogen-bond donors (Lipinski definition) is 0. The van der Waals surface area contributed by atoms with E-state index >= 15 is 0 Å². The molecule has 22 heavy (non-hydrogen) atoms. The summed E-state index contributed by atoms with van der Waals surface area (Å²) in [5.41, 5.74) is 1.74. The molecule has 2 rings (SSSR count). The molecule has 0 aliphatic carbocycles. The van der Waals surface area contributed by atoms with Gasteiger partial charge in [-0.2, -0.15) is 0 Å². The van der Waals surface area contributed by atoms with Gasteiger partial charge in [0, 0.05) is 6.42 Å². The molecular formula is C16H19NO4S. The van der Waals surface area contributed by atoms with Gasteiger partial charge in [-0.05, 0) is 31.0 Å². The molecule has 1 atom stereocenters. The van der Waals surface area contributed by atoms with Crippen LogP contribution in [0.4, 0.5) is 5.69 Å². The van der Waals surface area contributed by atoms with E-state index in [1.165, 1.54) is 4.90 Å². The van der Waals surface area contributed by atoms with Crippen LogP contribution in [0.1, 0.15) is 25.8 Å². The topological polar surface area (TPSA) is 63.7 Å². The number of rotatable bonds is 6. The van der Waals surface area contributed by atoms with Crippen molar-refractivity contribution in [2.45, 2.75) is 31.9 Å². The second-order valence-corrected chi connectivity index (χ2v) is 6.09. The van der Waals surface area contributed by atoms with Crippen LogP contribution in [0.2, 0.25) is 0 Å². The first kappa shape index (κ1) is 16.5. The van der Waals surface area contributed by atoms with Gasteiger partial charge in [-0.15, -0.1) is 11.8 Å². The molecule has 0 N–H and O–H groups in total. The number of thioether (sulfide) groups is 1. The van der Waals surface area contributed by atoms with Crippen molar-refractivity contribution in [1.82, 2.24) is 0 Å². The van der Waals surface area contributed by atoms with E-state index in [1.807, 2.05) is 19.1 Å². The Morgan fingerprint density at radius 3 is 2.55 bits per heavy atom. The van der Waals surface area contributed by atoms with Crippen LogP contribution in [0.5, 0.6) is 0 Å². The minimum absolute atomic E-state index is 0.0835. The maximum Gasteiger partial charge on any atom is 0.315 e. The summed E-state index contributed by atoms with van der Waals surface area (Å²) in [6.07, 6.45) is 1.03. The standard InChI is InChI=1S/C16H19NO4S/c1-3-11-5-7-12(8-6-11)17-14(18)9-13(16(17)20)22-10-15(19)21-4-2/h5-8,13H,3-4,9-10H2,1-2H3/t13-/m0/s1. The quantitative estimate of drug-likeness (QED) is 0.593. The molecule has 1 heterocycles. The Bertz CT molecular complexity index is 570. The third-order valence-electron chi connectivity index (χ3n) is 3.42. The van der Waals surface area contributed by atoms with Crippen molar-refractivity contribution in [3.8, 4) is 0 Å². The number of carbonyl (C=O) groups excluding carboxylic acids is 3. The number of benzene rings is 1. The second-order valence-electron chi connectivity index (χ2n) is 4.90. The van der Waals surface area contributed by atoms with Crippen molar-refractivity contribution >= 4 is 35.2 Å². The first-order chi connectivity index (χ1) is 10.6. The molecule has 1 aliphatic heterocycles. The lowest BCUT2D eigenvalue weighted by molar-refractivity contribution is -0.139. The van der Waals surface area contributed by atoms with Crippen LogP contribution in [0.3, 0.4) is 0 Å². The number of nitrogens with zero attached hydrogens (tertiary/aromatic N) is 1. The molecule has 0 bridgehead atoms. The average Bonchev–Trinajstić information content (AvgIpc) is 2.80.